The molecule has 0 aromatic heterocycles. The molecule has 184 valence electrons. The van der Waals surface area contributed by atoms with Crippen molar-refractivity contribution in [2.24, 2.45) is 0 Å². The van der Waals surface area contributed by atoms with Gasteiger partial charge in [-0.15, -0.1) is 0 Å². The van der Waals surface area contributed by atoms with Crippen molar-refractivity contribution in [2.75, 3.05) is 0 Å². The number of hydrogen-bond donors (Lipinski definition) is 0. The van der Waals surface area contributed by atoms with Crippen LogP contribution in [0.2, 0.25) is 0 Å². The van der Waals surface area contributed by atoms with E-state index in [1.54, 1.807) is 0 Å². The molecule has 7 rings (SSSR count). The summed E-state index contributed by atoms with van der Waals surface area (Å²) in [5.74, 6) is 0. The maximum atomic E-state index is 3.78. The van der Waals surface area contributed by atoms with Gasteiger partial charge >= 0.3 is 0 Å². The Morgan fingerprint density at radius 1 is 0.500 bits per heavy atom. The van der Waals surface area contributed by atoms with Crippen LogP contribution in [-0.4, -0.2) is 0 Å². The Morgan fingerprint density at radius 2 is 1.00 bits per heavy atom. The van der Waals surface area contributed by atoms with Gasteiger partial charge < -0.3 is 0 Å². The molecule has 0 saturated heterocycles. The maximum absolute atomic E-state index is 3.78. The van der Waals surface area contributed by atoms with Gasteiger partial charge in [0.2, 0.25) is 0 Å². The van der Waals surface area contributed by atoms with E-state index in [1.807, 2.05) is 0 Å². The zero-order chi connectivity index (χ0) is 25.9. The highest BCUT2D eigenvalue weighted by atomic mass is 79.9. The standard InChI is InChI=1S/C37H29Br/c1-3-37(4-2)33-21-26(38)19-20-27(33)30-22-31-32(23-34(30)37)36(25-15-9-6-10-16-25)29-18-12-11-17-28(29)35(31)24-13-7-5-8-14-24/h5-23H,3-4H2,1-2H3. The van der Waals surface area contributed by atoms with Crippen LogP contribution in [0.1, 0.15) is 37.8 Å². The fourth-order valence-corrected chi connectivity index (χ4v) is 7.34. The minimum Gasteiger partial charge on any atom is -0.0642 e. The first-order chi connectivity index (χ1) is 18.7. The van der Waals surface area contributed by atoms with Crippen LogP contribution in [0, 0.1) is 0 Å². The first kappa shape index (κ1) is 23.4. The van der Waals surface area contributed by atoms with Crippen LogP contribution in [0.15, 0.2) is 120 Å². The summed E-state index contributed by atoms with van der Waals surface area (Å²) in [7, 11) is 0. The third kappa shape index (κ3) is 3.28. The highest BCUT2D eigenvalue weighted by molar-refractivity contribution is 9.10. The minimum absolute atomic E-state index is 0.00908. The normalized spacial score (nSPS) is 13.6. The Morgan fingerprint density at radius 3 is 1.55 bits per heavy atom. The summed E-state index contributed by atoms with van der Waals surface area (Å²) in [5, 5.41) is 5.27. The summed E-state index contributed by atoms with van der Waals surface area (Å²) in [6.45, 7) is 4.70. The molecule has 6 aromatic carbocycles. The van der Waals surface area contributed by atoms with Gasteiger partial charge in [0.1, 0.15) is 0 Å². The van der Waals surface area contributed by atoms with E-state index in [1.165, 1.54) is 66.1 Å². The number of halogens is 1. The lowest BCUT2D eigenvalue weighted by Gasteiger charge is -2.30. The number of hydrogen-bond acceptors (Lipinski definition) is 0. The van der Waals surface area contributed by atoms with E-state index in [2.05, 4.69) is 145 Å². The number of benzene rings is 6. The van der Waals surface area contributed by atoms with Crippen molar-refractivity contribution in [3.05, 3.63) is 131 Å². The lowest BCUT2D eigenvalue weighted by molar-refractivity contribution is 0.490. The predicted octanol–water partition coefficient (Wildman–Crippen LogP) is 11.2. The molecule has 0 radical (unpaired) electrons. The fraction of sp³-hybridized carbons (Fsp3) is 0.135. The number of rotatable bonds is 4. The summed E-state index contributed by atoms with van der Waals surface area (Å²) < 4.78 is 1.15. The topological polar surface area (TPSA) is 0 Å². The molecule has 0 fully saturated rings. The first-order valence-electron chi connectivity index (χ1n) is 13.6. The monoisotopic (exact) mass is 552 g/mol. The second-order valence-electron chi connectivity index (χ2n) is 10.5. The Kier molecular flexibility index (Phi) is 5.53. The SMILES string of the molecule is CCC1(CC)c2cc(Br)ccc2-c2cc3c(-c4ccccc4)c4ccccc4c(-c4ccccc4)c3cc21. The van der Waals surface area contributed by atoms with Crippen molar-refractivity contribution in [3.63, 3.8) is 0 Å². The molecule has 0 heterocycles. The quantitative estimate of drug-likeness (QED) is 0.191. The molecule has 0 aliphatic heterocycles. The third-order valence-electron chi connectivity index (χ3n) is 8.80. The van der Waals surface area contributed by atoms with E-state index in [9.17, 15) is 0 Å². The zero-order valence-electron chi connectivity index (χ0n) is 21.8. The average Bonchev–Trinajstić information content (AvgIpc) is 3.23. The van der Waals surface area contributed by atoms with Gasteiger partial charge in [0.25, 0.3) is 0 Å². The molecule has 1 heteroatoms. The van der Waals surface area contributed by atoms with Gasteiger partial charge in [0, 0.05) is 9.89 Å². The van der Waals surface area contributed by atoms with Gasteiger partial charge in [-0.1, -0.05) is 121 Å². The van der Waals surface area contributed by atoms with Gasteiger partial charge in [-0.2, -0.15) is 0 Å². The lowest BCUT2D eigenvalue weighted by atomic mass is 9.73. The number of fused-ring (bicyclic) bond motifs is 5. The largest absolute Gasteiger partial charge is 0.0642 e. The molecule has 0 N–H and O–H groups in total. The molecule has 0 bridgehead atoms. The van der Waals surface area contributed by atoms with Crippen molar-refractivity contribution in [1.82, 2.24) is 0 Å². The maximum Gasteiger partial charge on any atom is 0.0210 e. The summed E-state index contributed by atoms with van der Waals surface area (Å²) in [6, 6.07) is 42.7. The molecule has 0 atom stereocenters. The van der Waals surface area contributed by atoms with Gasteiger partial charge in [0.05, 0.1) is 0 Å². The molecule has 6 aromatic rings. The molecule has 0 nitrogen and oxygen atoms in total. The van der Waals surface area contributed by atoms with E-state index in [0.29, 0.717) is 0 Å². The van der Waals surface area contributed by atoms with E-state index >= 15 is 0 Å². The summed E-state index contributed by atoms with van der Waals surface area (Å²) >= 11 is 3.78. The Labute approximate surface area is 233 Å². The van der Waals surface area contributed by atoms with Crippen molar-refractivity contribution in [3.8, 4) is 33.4 Å². The molecule has 0 unspecified atom stereocenters. The Hall–Kier alpha value is -3.68. The average molecular weight is 554 g/mol. The highest BCUT2D eigenvalue weighted by Crippen LogP contribution is 2.56. The van der Waals surface area contributed by atoms with Gasteiger partial charge in [-0.05, 0) is 103 Å². The first-order valence-corrected chi connectivity index (χ1v) is 14.4. The van der Waals surface area contributed by atoms with Crippen molar-refractivity contribution >= 4 is 37.5 Å². The minimum atomic E-state index is 0.00908. The van der Waals surface area contributed by atoms with Gasteiger partial charge in [0.15, 0.2) is 0 Å². The molecular formula is C37H29Br. The molecule has 1 aliphatic rings. The summed E-state index contributed by atoms with van der Waals surface area (Å²) in [6.07, 6.45) is 2.15. The van der Waals surface area contributed by atoms with Crippen LogP contribution in [0.5, 0.6) is 0 Å². The second-order valence-corrected chi connectivity index (χ2v) is 11.4. The van der Waals surface area contributed by atoms with E-state index < -0.39 is 0 Å². The Balaban J connectivity index is 1.72. The van der Waals surface area contributed by atoms with Crippen molar-refractivity contribution in [2.45, 2.75) is 32.1 Å². The summed E-state index contributed by atoms with van der Waals surface area (Å²) in [5.41, 5.74) is 10.9. The summed E-state index contributed by atoms with van der Waals surface area (Å²) in [4.78, 5) is 0. The van der Waals surface area contributed by atoms with E-state index in [0.717, 1.165) is 17.3 Å². The zero-order valence-corrected chi connectivity index (χ0v) is 23.3. The van der Waals surface area contributed by atoms with Crippen molar-refractivity contribution < 1.29 is 0 Å². The van der Waals surface area contributed by atoms with Crippen LogP contribution >= 0.6 is 15.9 Å². The van der Waals surface area contributed by atoms with Crippen LogP contribution in [0.3, 0.4) is 0 Å². The predicted molar refractivity (Wildman–Crippen MR) is 167 cm³/mol. The molecule has 0 saturated carbocycles. The Bertz CT molecular complexity index is 1830. The van der Waals surface area contributed by atoms with E-state index in [-0.39, 0.29) is 5.41 Å². The van der Waals surface area contributed by atoms with Crippen LogP contribution < -0.4 is 0 Å². The van der Waals surface area contributed by atoms with Crippen molar-refractivity contribution in [1.29, 1.82) is 0 Å². The van der Waals surface area contributed by atoms with Gasteiger partial charge in [-0.3, -0.25) is 0 Å². The molecular weight excluding hydrogens is 524 g/mol. The molecule has 38 heavy (non-hydrogen) atoms. The lowest BCUT2D eigenvalue weighted by Crippen LogP contribution is -2.23. The van der Waals surface area contributed by atoms with E-state index in [4.69, 9.17) is 0 Å². The third-order valence-corrected chi connectivity index (χ3v) is 9.29. The fourth-order valence-electron chi connectivity index (χ4n) is 6.98. The van der Waals surface area contributed by atoms with Crippen LogP contribution in [-0.2, 0) is 5.41 Å². The second kappa shape index (κ2) is 8.96. The molecule has 0 spiro atoms. The molecule has 0 amide bonds. The van der Waals surface area contributed by atoms with Crippen LogP contribution in [0.4, 0.5) is 0 Å². The molecule has 1 aliphatic carbocycles. The smallest absolute Gasteiger partial charge is 0.0210 e. The van der Waals surface area contributed by atoms with Gasteiger partial charge in [-0.25, -0.2) is 0 Å². The highest BCUT2D eigenvalue weighted by Gasteiger charge is 2.41. The van der Waals surface area contributed by atoms with Crippen LogP contribution in [0.25, 0.3) is 54.9 Å².